The van der Waals surface area contributed by atoms with Crippen LogP contribution < -0.4 is 0 Å². The average Bonchev–Trinajstić information content (AvgIpc) is 2.04. The van der Waals surface area contributed by atoms with E-state index in [0.717, 1.165) is 5.56 Å². The van der Waals surface area contributed by atoms with Crippen LogP contribution in [0.2, 0.25) is 0 Å². The van der Waals surface area contributed by atoms with Crippen molar-refractivity contribution in [3.8, 4) is 0 Å². The van der Waals surface area contributed by atoms with E-state index in [9.17, 15) is 8.78 Å². The molecule has 0 aromatic heterocycles. The number of hydrogen-bond acceptors (Lipinski definition) is 0. The summed E-state index contributed by atoms with van der Waals surface area (Å²) in [5.41, 5.74) is 1.28. The summed E-state index contributed by atoms with van der Waals surface area (Å²) >= 11 is 0. The van der Waals surface area contributed by atoms with E-state index in [4.69, 9.17) is 0 Å². The molecular weight excluding hydrogens is 158 g/mol. The van der Waals surface area contributed by atoms with Crippen LogP contribution in [0.3, 0.4) is 0 Å². The molecule has 0 amide bonds. The molecule has 0 aliphatic heterocycles. The van der Waals surface area contributed by atoms with Crippen molar-refractivity contribution in [3.63, 3.8) is 0 Å². The molecule has 0 nitrogen and oxygen atoms in total. The molecule has 0 aliphatic carbocycles. The second-order valence-electron chi connectivity index (χ2n) is 2.64. The lowest BCUT2D eigenvalue weighted by atomic mass is 10.0. The highest BCUT2D eigenvalue weighted by molar-refractivity contribution is 5.67. The topological polar surface area (TPSA) is 0 Å². The maximum Gasteiger partial charge on any atom is 0.263 e. The number of rotatable bonds is 2. The Hall–Kier alpha value is -1.18. The van der Waals surface area contributed by atoms with Crippen molar-refractivity contribution in [2.75, 3.05) is 0 Å². The van der Waals surface area contributed by atoms with Gasteiger partial charge < -0.3 is 0 Å². The van der Waals surface area contributed by atoms with Gasteiger partial charge in [0.1, 0.15) is 0 Å². The molecule has 0 saturated carbocycles. The van der Waals surface area contributed by atoms with E-state index in [2.05, 4.69) is 6.58 Å². The van der Waals surface area contributed by atoms with Crippen molar-refractivity contribution in [1.82, 2.24) is 0 Å². The van der Waals surface area contributed by atoms with E-state index in [1.807, 2.05) is 6.07 Å². The summed E-state index contributed by atoms with van der Waals surface area (Å²) in [4.78, 5) is 0. The molecule has 0 saturated heterocycles. The van der Waals surface area contributed by atoms with Gasteiger partial charge in [0.25, 0.3) is 6.43 Å². The number of aryl methyl sites for hydroxylation is 1. The Morgan fingerprint density at radius 1 is 1.33 bits per heavy atom. The summed E-state index contributed by atoms with van der Waals surface area (Å²) in [7, 11) is 0. The molecule has 64 valence electrons. The van der Waals surface area contributed by atoms with Gasteiger partial charge in [0, 0.05) is 5.57 Å². The van der Waals surface area contributed by atoms with Crippen LogP contribution in [-0.4, -0.2) is 6.43 Å². The lowest BCUT2D eigenvalue weighted by Crippen LogP contribution is -1.96. The molecule has 0 bridgehead atoms. The first-order valence-electron chi connectivity index (χ1n) is 3.66. The van der Waals surface area contributed by atoms with Crippen molar-refractivity contribution in [2.24, 2.45) is 0 Å². The van der Waals surface area contributed by atoms with Crippen molar-refractivity contribution in [1.29, 1.82) is 0 Å². The number of alkyl halides is 2. The van der Waals surface area contributed by atoms with E-state index in [1.165, 1.54) is 0 Å². The maximum absolute atomic E-state index is 12.2. The molecule has 1 aromatic carbocycles. The molecule has 12 heavy (non-hydrogen) atoms. The van der Waals surface area contributed by atoms with Crippen LogP contribution in [0, 0.1) is 6.92 Å². The Morgan fingerprint density at radius 3 is 2.42 bits per heavy atom. The van der Waals surface area contributed by atoms with Gasteiger partial charge in [0.15, 0.2) is 0 Å². The van der Waals surface area contributed by atoms with Gasteiger partial charge in [-0.05, 0) is 18.1 Å². The normalized spacial score (nSPS) is 10.3. The molecule has 2 heteroatoms. The third-order valence-electron chi connectivity index (χ3n) is 1.75. The van der Waals surface area contributed by atoms with Gasteiger partial charge in [-0.25, -0.2) is 8.78 Å². The van der Waals surface area contributed by atoms with Crippen LogP contribution in [0.4, 0.5) is 8.78 Å². The van der Waals surface area contributed by atoms with Crippen LogP contribution in [0.1, 0.15) is 11.1 Å². The van der Waals surface area contributed by atoms with Gasteiger partial charge >= 0.3 is 0 Å². The number of hydrogen-bond donors (Lipinski definition) is 0. The molecule has 0 fully saturated rings. The molecular formula is C10H10F2. The Morgan fingerprint density at radius 2 is 1.92 bits per heavy atom. The Balaban J connectivity index is 3.03. The molecule has 0 radical (unpaired) electrons. The van der Waals surface area contributed by atoms with Gasteiger partial charge in [-0.3, -0.25) is 0 Å². The Kier molecular flexibility index (Phi) is 2.58. The molecule has 0 atom stereocenters. The van der Waals surface area contributed by atoms with E-state index >= 15 is 0 Å². The SMILES string of the molecule is C=C(c1ccccc1C)C(F)F. The minimum atomic E-state index is -2.47. The second kappa shape index (κ2) is 3.48. The fourth-order valence-corrected chi connectivity index (χ4v) is 1.05. The van der Waals surface area contributed by atoms with Crippen molar-refractivity contribution < 1.29 is 8.78 Å². The smallest absolute Gasteiger partial charge is 0.205 e. The van der Waals surface area contributed by atoms with Crippen LogP contribution in [0.5, 0.6) is 0 Å². The summed E-state index contributed by atoms with van der Waals surface area (Å²) in [6, 6.07) is 7.00. The van der Waals surface area contributed by atoms with Crippen LogP contribution in [0.25, 0.3) is 5.57 Å². The molecule has 0 aliphatic rings. The minimum absolute atomic E-state index is 0.104. The van der Waals surface area contributed by atoms with Gasteiger partial charge in [-0.2, -0.15) is 0 Å². The average molecular weight is 168 g/mol. The highest BCUT2D eigenvalue weighted by atomic mass is 19.3. The van der Waals surface area contributed by atoms with Gasteiger partial charge in [-0.1, -0.05) is 30.8 Å². The first kappa shape index (κ1) is 8.91. The van der Waals surface area contributed by atoms with Crippen LogP contribution >= 0.6 is 0 Å². The van der Waals surface area contributed by atoms with Crippen LogP contribution in [-0.2, 0) is 0 Å². The zero-order valence-corrected chi connectivity index (χ0v) is 6.85. The lowest BCUT2D eigenvalue weighted by Gasteiger charge is -2.06. The second-order valence-corrected chi connectivity index (χ2v) is 2.64. The monoisotopic (exact) mass is 168 g/mol. The number of allylic oxidation sites excluding steroid dienone is 1. The first-order chi connectivity index (χ1) is 5.63. The van der Waals surface area contributed by atoms with Crippen molar-refractivity contribution in [2.45, 2.75) is 13.3 Å². The standard InChI is InChI=1S/C10H10F2/c1-7-5-3-4-6-9(7)8(2)10(11)12/h3-6,10H,2H2,1H3. The largest absolute Gasteiger partial charge is 0.263 e. The predicted octanol–water partition coefficient (Wildman–Crippen LogP) is 3.27. The third-order valence-corrected chi connectivity index (χ3v) is 1.75. The fourth-order valence-electron chi connectivity index (χ4n) is 1.05. The van der Waals surface area contributed by atoms with E-state index in [1.54, 1.807) is 25.1 Å². The summed E-state index contributed by atoms with van der Waals surface area (Å²) in [6.45, 7) is 5.13. The van der Waals surface area contributed by atoms with Gasteiger partial charge in [-0.15, -0.1) is 0 Å². The van der Waals surface area contributed by atoms with Gasteiger partial charge in [0.05, 0.1) is 0 Å². The van der Waals surface area contributed by atoms with Crippen molar-refractivity contribution >= 4 is 5.57 Å². The number of halogens is 2. The van der Waals surface area contributed by atoms with Gasteiger partial charge in [0.2, 0.25) is 0 Å². The summed E-state index contributed by atoms with van der Waals surface area (Å²) < 4.78 is 24.4. The molecule has 0 unspecified atom stereocenters. The fraction of sp³-hybridized carbons (Fsp3) is 0.200. The zero-order valence-electron chi connectivity index (χ0n) is 6.85. The Bertz CT molecular complexity index is 290. The third kappa shape index (κ3) is 1.70. The minimum Gasteiger partial charge on any atom is -0.205 e. The quantitative estimate of drug-likeness (QED) is 0.635. The van der Waals surface area contributed by atoms with E-state index in [0.29, 0.717) is 5.56 Å². The zero-order chi connectivity index (χ0) is 9.14. The molecule has 0 spiro atoms. The molecule has 1 rings (SSSR count). The predicted molar refractivity (Wildman–Crippen MR) is 46.2 cm³/mol. The summed E-state index contributed by atoms with van der Waals surface area (Å²) in [5, 5.41) is 0. The molecule has 0 heterocycles. The highest BCUT2D eigenvalue weighted by Crippen LogP contribution is 2.22. The van der Waals surface area contributed by atoms with Crippen molar-refractivity contribution in [3.05, 3.63) is 42.0 Å². The summed E-state index contributed by atoms with van der Waals surface area (Å²) in [6.07, 6.45) is -2.47. The first-order valence-corrected chi connectivity index (χ1v) is 3.66. The van der Waals surface area contributed by atoms with E-state index in [-0.39, 0.29) is 5.57 Å². The maximum atomic E-state index is 12.2. The van der Waals surface area contributed by atoms with E-state index < -0.39 is 6.43 Å². The Labute approximate surface area is 70.5 Å². The summed E-state index contributed by atoms with van der Waals surface area (Å²) in [5.74, 6) is 0. The molecule has 0 N–H and O–H groups in total. The molecule has 1 aromatic rings. The van der Waals surface area contributed by atoms with Crippen LogP contribution in [0.15, 0.2) is 30.8 Å². The highest BCUT2D eigenvalue weighted by Gasteiger charge is 2.11. The lowest BCUT2D eigenvalue weighted by molar-refractivity contribution is 0.215. The number of benzene rings is 1.